The molecule has 0 aliphatic carbocycles. The van der Waals surface area contributed by atoms with Crippen LogP contribution in [-0.4, -0.2) is 25.9 Å². The Morgan fingerprint density at radius 2 is 1.87 bits per heavy atom. The topological polar surface area (TPSA) is 79.4 Å². The van der Waals surface area contributed by atoms with Crippen LogP contribution in [0.2, 0.25) is 0 Å². The van der Waals surface area contributed by atoms with Crippen LogP contribution in [0.25, 0.3) is 0 Å². The van der Waals surface area contributed by atoms with E-state index in [9.17, 15) is 13.2 Å². The number of carbonyl (C=O) groups is 1. The Balaban J connectivity index is 1.57. The summed E-state index contributed by atoms with van der Waals surface area (Å²) in [6.07, 6.45) is 4.79. The van der Waals surface area contributed by atoms with Crippen LogP contribution in [0.5, 0.6) is 0 Å². The first-order valence-corrected chi connectivity index (χ1v) is 11.8. The second kappa shape index (κ2) is 8.51. The first-order chi connectivity index (χ1) is 14.8. The Hall–Kier alpha value is -3.19. The third-order valence-corrected chi connectivity index (χ3v) is 6.86. The number of pyridine rings is 1. The Labute approximate surface area is 183 Å². The second-order valence-corrected chi connectivity index (χ2v) is 9.66. The van der Waals surface area contributed by atoms with Crippen molar-refractivity contribution in [1.82, 2.24) is 4.98 Å². The van der Waals surface area contributed by atoms with E-state index in [4.69, 9.17) is 0 Å². The molecule has 0 atom stereocenters. The van der Waals surface area contributed by atoms with Gasteiger partial charge in [0.15, 0.2) is 0 Å². The molecule has 1 amide bonds. The SMILES string of the molecule is CC(C)c1ccc(S(=O)(=O)Nc2ccc3c(c2)CCCN3C(=O)c2cccnc2)cc1. The molecule has 1 aliphatic heterocycles. The van der Waals surface area contributed by atoms with Crippen molar-refractivity contribution >= 4 is 27.3 Å². The molecule has 1 aliphatic rings. The predicted molar refractivity (Wildman–Crippen MR) is 122 cm³/mol. The van der Waals surface area contributed by atoms with Crippen molar-refractivity contribution in [2.75, 3.05) is 16.2 Å². The summed E-state index contributed by atoms with van der Waals surface area (Å²) in [4.78, 5) is 18.9. The van der Waals surface area contributed by atoms with Crippen LogP contribution < -0.4 is 9.62 Å². The number of carbonyl (C=O) groups excluding carboxylic acids is 1. The summed E-state index contributed by atoms with van der Waals surface area (Å²) in [5.74, 6) is 0.232. The molecular formula is C24H25N3O3S. The molecule has 0 spiro atoms. The Morgan fingerprint density at radius 3 is 2.55 bits per heavy atom. The van der Waals surface area contributed by atoms with Crippen molar-refractivity contribution < 1.29 is 13.2 Å². The zero-order valence-corrected chi connectivity index (χ0v) is 18.4. The van der Waals surface area contributed by atoms with E-state index in [0.717, 1.165) is 29.7 Å². The summed E-state index contributed by atoms with van der Waals surface area (Å²) in [7, 11) is -3.69. The number of aryl methyl sites for hydroxylation is 1. The van der Waals surface area contributed by atoms with Crippen LogP contribution in [0.1, 0.15) is 47.7 Å². The molecule has 1 aromatic heterocycles. The van der Waals surface area contributed by atoms with E-state index in [1.165, 1.54) is 0 Å². The molecule has 0 radical (unpaired) electrons. The minimum absolute atomic E-state index is 0.104. The molecule has 4 rings (SSSR count). The molecule has 31 heavy (non-hydrogen) atoms. The lowest BCUT2D eigenvalue weighted by Gasteiger charge is -2.30. The third kappa shape index (κ3) is 4.46. The van der Waals surface area contributed by atoms with Gasteiger partial charge in [0.2, 0.25) is 0 Å². The number of hydrogen-bond acceptors (Lipinski definition) is 4. The summed E-state index contributed by atoms with van der Waals surface area (Å²) in [6.45, 7) is 4.75. The number of anilines is 2. The Kier molecular flexibility index (Phi) is 5.78. The van der Waals surface area contributed by atoms with Gasteiger partial charge in [0.05, 0.1) is 10.5 Å². The Bertz CT molecular complexity index is 1190. The molecule has 0 bridgehead atoms. The summed E-state index contributed by atoms with van der Waals surface area (Å²) >= 11 is 0. The number of benzene rings is 2. The molecule has 0 fully saturated rings. The molecule has 1 N–H and O–H groups in total. The number of rotatable bonds is 5. The second-order valence-electron chi connectivity index (χ2n) is 7.97. The summed E-state index contributed by atoms with van der Waals surface area (Å²) in [5, 5.41) is 0. The first kappa shape index (κ1) is 21.1. The zero-order valence-electron chi connectivity index (χ0n) is 17.6. The molecule has 2 aromatic carbocycles. The van der Waals surface area contributed by atoms with Gasteiger partial charge in [-0.3, -0.25) is 14.5 Å². The van der Waals surface area contributed by atoms with E-state index < -0.39 is 10.0 Å². The minimum atomic E-state index is -3.69. The van der Waals surface area contributed by atoms with E-state index in [1.54, 1.807) is 47.6 Å². The molecule has 7 heteroatoms. The van der Waals surface area contributed by atoms with Crippen molar-refractivity contribution in [3.05, 3.63) is 83.7 Å². The third-order valence-electron chi connectivity index (χ3n) is 5.46. The van der Waals surface area contributed by atoms with Gasteiger partial charge in [0.1, 0.15) is 0 Å². The van der Waals surface area contributed by atoms with E-state index in [-0.39, 0.29) is 10.8 Å². The fourth-order valence-corrected chi connectivity index (χ4v) is 4.81. The smallest absolute Gasteiger partial charge is 0.261 e. The number of amides is 1. The number of nitrogens with one attached hydrogen (secondary N) is 1. The fraction of sp³-hybridized carbons (Fsp3) is 0.250. The lowest BCUT2D eigenvalue weighted by atomic mass is 10.0. The highest BCUT2D eigenvalue weighted by Crippen LogP contribution is 2.31. The van der Waals surface area contributed by atoms with Gasteiger partial charge in [-0.15, -0.1) is 0 Å². The minimum Gasteiger partial charge on any atom is -0.308 e. The van der Waals surface area contributed by atoms with Crippen molar-refractivity contribution in [3.63, 3.8) is 0 Å². The van der Waals surface area contributed by atoms with E-state index >= 15 is 0 Å². The van der Waals surface area contributed by atoms with Gasteiger partial charge in [-0.25, -0.2) is 8.42 Å². The number of sulfonamides is 1. The first-order valence-electron chi connectivity index (χ1n) is 10.3. The average molecular weight is 436 g/mol. The predicted octanol–water partition coefficient (Wildman–Crippen LogP) is 4.60. The van der Waals surface area contributed by atoms with Gasteiger partial charge >= 0.3 is 0 Å². The van der Waals surface area contributed by atoms with E-state index in [0.29, 0.717) is 23.7 Å². The van der Waals surface area contributed by atoms with Crippen molar-refractivity contribution in [2.45, 2.75) is 37.5 Å². The number of aromatic nitrogens is 1. The number of hydrogen-bond donors (Lipinski definition) is 1. The van der Waals surface area contributed by atoms with Crippen LogP contribution >= 0.6 is 0 Å². The van der Waals surface area contributed by atoms with Crippen molar-refractivity contribution in [2.24, 2.45) is 0 Å². The standard InChI is InChI=1S/C24H25N3O3S/c1-17(2)18-7-10-22(11-8-18)31(29,30)26-21-9-12-23-19(15-21)6-4-14-27(23)24(28)20-5-3-13-25-16-20/h3,5,7-13,15-17,26H,4,6,14H2,1-2H3. The molecule has 3 aromatic rings. The van der Waals surface area contributed by atoms with Crippen LogP contribution in [0.3, 0.4) is 0 Å². The maximum absolute atomic E-state index is 12.9. The molecule has 6 nitrogen and oxygen atoms in total. The fourth-order valence-electron chi connectivity index (χ4n) is 3.76. The molecular weight excluding hydrogens is 410 g/mol. The molecule has 0 saturated heterocycles. The van der Waals surface area contributed by atoms with Gasteiger partial charge < -0.3 is 4.90 Å². The summed E-state index contributed by atoms with van der Waals surface area (Å²) in [5.41, 5.74) is 3.86. The van der Waals surface area contributed by atoms with Crippen molar-refractivity contribution in [1.29, 1.82) is 0 Å². The molecule has 160 valence electrons. The van der Waals surface area contributed by atoms with E-state index in [1.807, 2.05) is 24.3 Å². The maximum atomic E-state index is 12.9. The summed E-state index contributed by atoms with van der Waals surface area (Å²) in [6, 6.07) is 15.8. The van der Waals surface area contributed by atoms with Crippen LogP contribution in [0, 0.1) is 0 Å². The normalized spacial score (nSPS) is 13.7. The average Bonchev–Trinajstić information content (AvgIpc) is 2.78. The highest BCUT2D eigenvalue weighted by molar-refractivity contribution is 7.92. The number of fused-ring (bicyclic) bond motifs is 1. The molecule has 0 unspecified atom stereocenters. The van der Waals surface area contributed by atoms with E-state index in [2.05, 4.69) is 23.6 Å². The largest absolute Gasteiger partial charge is 0.308 e. The van der Waals surface area contributed by atoms with Gasteiger partial charge in [-0.2, -0.15) is 0 Å². The Morgan fingerprint density at radius 1 is 1.10 bits per heavy atom. The number of nitrogens with zero attached hydrogens (tertiary/aromatic N) is 2. The van der Waals surface area contributed by atoms with Crippen molar-refractivity contribution in [3.8, 4) is 0 Å². The summed E-state index contributed by atoms with van der Waals surface area (Å²) < 4.78 is 28.3. The monoisotopic (exact) mass is 435 g/mol. The molecule has 2 heterocycles. The van der Waals surface area contributed by atoms with Crippen LogP contribution in [-0.2, 0) is 16.4 Å². The van der Waals surface area contributed by atoms with Gasteiger partial charge in [-0.1, -0.05) is 26.0 Å². The highest BCUT2D eigenvalue weighted by atomic mass is 32.2. The van der Waals surface area contributed by atoms with Gasteiger partial charge in [0.25, 0.3) is 15.9 Å². The van der Waals surface area contributed by atoms with Crippen LogP contribution in [0.15, 0.2) is 71.9 Å². The van der Waals surface area contributed by atoms with Gasteiger partial charge in [-0.05, 0) is 72.4 Å². The lowest BCUT2D eigenvalue weighted by molar-refractivity contribution is 0.0984. The van der Waals surface area contributed by atoms with Crippen LogP contribution in [0.4, 0.5) is 11.4 Å². The zero-order chi connectivity index (χ0) is 22.0. The maximum Gasteiger partial charge on any atom is 0.261 e. The lowest BCUT2D eigenvalue weighted by Crippen LogP contribution is -2.35. The highest BCUT2D eigenvalue weighted by Gasteiger charge is 2.24. The molecule has 0 saturated carbocycles. The van der Waals surface area contributed by atoms with Gasteiger partial charge in [0, 0.05) is 30.3 Å². The quantitative estimate of drug-likeness (QED) is 0.635.